The highest BCUT2D eigenvalue weighted by atomic mass is 16.7. The van der Waals surface area contributed by atoms with Crippen molar-refractivity contribution < 1.29 is 43.8 Å². The van der Waals surface area contributed by atoms with Gasteiger partial charge in [0.05, 0.1) is 25.2 Å². The Bertz CT molecular complexity index is 1010. The first-order chi connectivity index (χ1) is 20.6. The van der Waals surface area contributed by atoms with Gasteiger partial charge in [-0.3, -0.25) is 4.79 Å². The number of ether oxygens (including phenoxy) is 5. The monoisotopic (exact) mass is 604 g/mol. The van der Waals surface area contributed by atoms with Crippen molar-refractivity contribution in [2.24, 2.45) is 5.92 Å². The molecule has 0 aromatic rings. The van der Waals surface area contributed by atoms with Crippen LogP contribution in [-0.4, -0.2) is 91.1 Å². The first-order valence-corrected chi connectivity index (χ1v) is 15.1. The molecule has 0 radical (unpaired) electrons. The second-order valence-electron chi connectivity index (χ2n) is 11.2. The molecule has 0 saturated carbocycles. The Morgan fingerprint density at radius 1 is 1.07 bits per heavy atom. The van der Waals surface area contributed by atoms with E-state index in [4.69, 9.17) is 23.7 Å². The molecule has 3 N–H and O–H groups in total. The van der Waals surface area contributed by atoms with Gasteiger partial charge in [0.1, 0.15) is 30.5 Å². The zero-order chi connectivity index (χ0) is 31.8. The fourth-order valence-corrected chi connectivity index (χ4v) is 5.11. The molecule has 0 aromatic heterocycles. The number of rotatable bonds is 8. The van der Waals surface area contributed by atoms with Crippen molar-refractivity contribution in [3.8, 4) is 0 Å². The molecular weight excluding hydrogens is 552 g/mol. The lowest BCUT2D eigenvalue weighted by Gasteiger charge is -2.42. The molecule has 9 unspecified atom stereocenters. The summed E-state index contributed by atoms with van der Waals surface area (Å²) in [4.78, 5) is 13.3. The van der Waals surface area contributed by atoms with Crippen LogP contribution in [0.2, 0.25) is 0 Å². The third kappa shape index (κ3) is 12.6. The van der Waals surface area contributed by atoms with E-state index in [1.54, 1.807) is 13.2 Å². The molecule has 2 rings (SSSR count). The highest BCUT2D eigenvalue weighted by Gasteiger charge is 2.46. The number of aliphatic hydroxyl groups excluding tert-OH is 3. The van der Waals surface area contributed by atoms with E-state index in [1.165, 1.54) is 7.11 Å². The first-order valence-electron chi connectivity index (χ1n) is 15.1. The van der Waals surface area contributed by atoms with E-state index in [0.29, 0.717) is 18.8 Å². The zero-order valence-electron chi connectivity index (χ0n) is 26.5. The largest absolute Gasteiger partial charge is 0.458 e. The van der Waals surface area contributed by atoms with Gasteiger partial charge in [-0.25, -0.2) is 0 Å². The molecule has 2 heterocycles. The minimum absolute atomic E-state index is 0.154. The van der Waals surface area contributed by atoms with E-state index in [-0.39, 0.29) is 12.5 Å². The van der Waals surface area contributed by atoms with Crippen molar-refractivity contribution in [2.45, 2.75) is 109 Å². The van der Waals surface area contributed by atoms with Gasteiger partial charge in [0, 0.05) is 20.6 Å². The number of methoxy groups -OCH3 is 2. The van der Waals surface area contributed by atoms with Crippen molar-refractivity contribution in [1.82, 2.24) is 0 Å². The molecule has 43 heavy (non-hydrogen) atoms. The Labute approximate surface area is 257 Å². The van der Waals surface area contributed by atoms with Gasteiger partial charge in [-0.15, -0.1) is 0 Å². The molecule has 242 valence electrons. The molecule has 0 bridgehead atoms. The summed E-state index contributed by atoms with van der Waals surface area (Å²) in [7, 11) is 3.01. The van der Waals surface area contributed by atoms with Crippen LogP contribution in [0.3, 0.4) is 0 Å². The van der Waals surface area contributed by atoms with E-state index in [2.05, 4.69) is 19.1 Å². The van der Waals surface area contributed by atoms with E-state index in [0.717, 1.165) is 24.0 Å². The van der Waals surface area contributed by atoms with Crippen LogP contribution >= 0.6 is 0 Å². The van der Waals surface area contributed by atoms with Crippen LogP contribution in [0, 0.1) is 5.92 Å². The molecule has 1 saturated heterocycles. The van der Waals surface area contributed by atoms with Gasteiger partial charge < -0.3 is 39.0 Å². The smallest absolute Gasteiger partial charge is 0.309 e. The number of carbonyl (C=O) groups excluding carboxylic acids is 1. The van der Waals surface area contributed by atoms with Crippen LogP contribution in [0.1, 0.15) is 59.8 Å². The van der Waals surface area contributed by atoms with Gasteiger partial charge in [0.15, 0.2) is 6.29 Å². The third-order valence-corrected chi connectivity index (χ3v) is 7.50. The lowest BCUT2D eigenvalue weighted by atomic mass is 9.98. The molecule has 9 heteroatoms. The molecule has 0 spiro atoms. The van der Waals surface area contributed by atoms with Crippen molar-refractivity contribution >= 4 is 5.97 Å². The summed E-state index contributed by atoms with van der Waals surface area (Å²) in [5, 5.41) is 31.0. The third-order valence-electron chi connectivity index (χ3n) is 7.50. The maximum Gasteiger partial charge on any atom is 0.309 e. The van der Waals surface area contributed by atoms with Crippen LogP contribution < -0.4 is 0 Å². The normalized spacial score (nSPS) is 34.1. The molecular formula is C34H52O9. The maximum absolute atomic E-state index is 13.3. The van der Waals surface area contributed by atoms with Crippen LogP contribution in [-0.2, 0) is 28.5 Å². The minimum Gasteiger partial charge on any atom is -0.458 e. The fourth-order valence-electron chi connectivity index (χ4n) is 5.11. The predicted octanol–water partition coefficient (Wildman–Crippen LogP) is 4.49. The van der Waals surface area contributed by atoms with Gasteiger partial charge in [-0.05, 0) is 57.6 Å². The van der Waals surface area contributed by atoms with Gasteiger partial charge in [-0.1, -0.05) is 67.2 Å². The molecule has 0 aromatic carbocycles. The minimum atomic E-state index is -1.36. The quantitative estimate of drug-likeness (QED) is 0.272. The standard InChI is InChI=1S/C34H52O9/c1-7-8-14-24(3)20-26-16-12-10-9-11-15-23(2)19-25(4)28(39-5)18-13-17-27(21-30(36)41-26)42-34-32(38)33(40-6)31(37)29(22-35)43-34/h7-13,17,19-20,23,26-29,31-35,37-38H,14-16,18,21-22H2,1-6H3. The Morgan fingerprint density at radius 3 is 2.44 bits per heavy atom. The summed E-state index contributed by atoms with van der Waals surface area (Å²) in [6.45, 7) is 7.66. The van der Waals surface area contributed by atoms with Crippen LogP contribution in [0.5, 0.6) is 0 Å². The maximum atomic E-state index is 13.3. The topological polar surface area (TPSA) is 124 Å². The predicted molar refractivity (Wildman–Crippen MR) is 166 cm³/mol. The van der Waals surface area contributed by atoms with Crippen molar-refractivity contribution in [3.63, 3.8) is 0 Å². The Morgan fingerprint density at radius 2 is 1.79 bits per heavy atom. The van der Waals surface area contributed by atoms with E-state index < -0.39 is 55.5 Å². The van der Waals surface area contributed by atoms with Gasteiger partial charge in [-0.2, -0.15) is 0 Å². The molecule has 0 aliphatic carbocycles. The molecule has 9 nitrogen and oxygen atoms in total. The zero-order valence-corrected chi connectivity index (χ0v) is 26.5. The highest BCUT2D eigenvalue weighted by Crippen LogP contribution is 2.26. The number of hydrogen-bond donors (Lipinski definition) is 3. The fraction of sp³-hybridized carbons (Fsp3) is 0.618. The number of aliphatic hydroxyl groups is 3. The van der Waals surface area contributed by atoms with E-state index in [9.17, 15) is 20.1 Å². The number of allylic oxidation sites excluding steroid dienone is 7. The summed E-state index contributed by atoms with van der Waals surface area (Å²) in [5.74, 6) is -0.166. The summed E-state index contributed by atoms with van der Waals surface area (Å²) in [5.41, 5.74) is 2.17. The first kappa shape index (κ1) is 36.8. The summed E-state index contributed by atoms with van der Waals surface area (Å²) in [6.07, 6.45) is 14.9. The van der Waals surface area contributed by atoms with E-state index in [1.807, 2.05) is 63.3 Å². The molecule has 0 amide bonds. The Balaban J connectivity index is 2.38. The molecule has 9 atom stereocenters. The van der Waals surface area contributed by atoms with Crippen molar-refractivity contribution in [1.29, 1.82) is 0 Å². The lowest BCUT2D eigenvalue weighted by Crippen LogP contribution is -2.60. The Kier molecular flexibility index (Phi) is 17.0. The highest BCUT2D eigenvalue weighted by molar-refractivity contribution is 5.70. The summed E-state index contributed by atoms with van der Waals surface area (Å²) in [6, 6.07) is 0. The SMILES string of the molecule is CC=CCC(C)=CC1CC=CC=CCC(C)C=C(C)C(OC)CC=CC(OC2OC(CO)C(O)C(OC)C2O)CC(=O)O1. The van der Waals surface area contributed by atoms with Crippen LogP contribution in [0.15, 0.2) is 71.9 Å². The van der Waals surface area contributed by atoms with E-state index >= 15 is 0 Å². The number of cyclic esters (lactones) is 1. The van der Waals surface area contributed by atoms with Crippen LogP contribution in [0.25, 0.3) is 0 Å². The van der Waals surface area contributed by atoms with Gasteiger partial charge >= 0.3 is 5.97 Å². The average molecular weight is 605 g/mol. The van der Waals surface area contributed by atoms with Crippen LogP contribution in [0.4, 0.5) is 0 Å². The lowest BCUT2D eigenvalue weighted by molar-refractivity contribution is -0.311. The second-order valence-corrected chi connectivity index (χ2v) is 11.2. The van der Waals surface area contributed by atoms with Crippen molar-refractivity contribution in [2.75, 3.05) is 20.8 Å². The Hall–Kier alpha value is -2.37. The molecule has 2 aliphatic rings. The number of carbonyl (C=O) groups is 1. The van der Waals surface area contributed by atoms with Crippen molar-refractivity contribution in [3.05, 3.63) is 71.9 Å². The summed E-state index contributed by atoms with van der Waals surface area (Å²) < 4.78 is 28.7. The van der Waals surface area contributed by atoms with Gasteiger partial charge in [0.25, 0.3) is 0 Å². The second kappa shape index (κ2) is 19.8. The molecule has 1 fully saturated rings. The molecule has 2 aliphatic heterocycles. The average Bonchev–Trinajstić information content (AvgIpc) is 2.96. The summed E-state index contributed by atoms with van der Waals surface area (Å²) >= 11 is 0. The number of hydrogen-bond acceptors (Lipinski definition) is 9. The number of esters is 1. The van der Waals surface area contributed by atoms with Gasteiger partial charge in [0.2, 0.25) is 0 Å².